The van der Waals surface area contributed by atoms with Crippen LogP contribution >= 0.6 is 11.3 Å². The van der Waals surface area contributed by atoms with Crippen molar-refractivity contribution < 1.29 is 14.3 Å². The molecule has 38 heavy (non-hydrogen) atoms. The number of thiophene rings is 1. The predicted octanol–water partition coefficient (Wildman–Crippen LogP) is 4.62. The lowest BCUT2D eigenvalue weighted by Gasteiger charge is -2.62. The molecular formula is C30H34N4O3S. The quantitative estimate of drug-likeness (QED) is 0.445. The summed E-state index contributed by atoms with van der Waals surface area (Å²) in [5, 5.41) is 8.23. The van der Waals surface area contributed by atoms with Gasteiger partial charge in [0.15, 0.2) is 0 Å². The molecule has 3 fully saturated rings. The number of amides is 2. The zero-order valence-electron chi connectivity index (χ0n) is 22.3. The van der Waals surface area contributed by atoms with E-state index in [1.165, 1.54) is 11.3 Å². The first-order chi connectivity index (χ1) is 18.3. The van der Waals surface area contributed by atoms with E-state index in [-0.39, 0.29) is 17.9 Å². The number of methoxy groups -OCH3 is 1. The number of nitrogens with zero attached hydrogens (tertiary/aromatic N) is 2. The second-order valence-corrected chi connectivity index (χ2v) is 11.7. The number of anilines is 1. The molecule has 2 saturated heterocycles. The molecule has 1 saturated carbocycles. The van der Waals surface area contributed by atoms with Gasteiger partial charge in [-0.15, -0.1) is 11.3 Å². The van der Waals surface area contributed by atoms with E-state index in [0.29, 0.717) is 28.6 Å². The van der Waals surface area contributed by atoms with E-state index in [9.17, 15) is 9.59 Å². The number of likely N-dealkylation sites (N-methyl/N-ethyl adjacent to an activating group) is 1. The first kappa shape index (κ1) is 24.9. The average Bonchev–Trinajstić information content (AvgIpc) is 3.58. The Kier molecular flexibility index (Phi) is 6.40. The van der Waals surface area contributed by atoms with Gasteiger partial charge in [-0.25, -0.2) is 0 Å². The summed E-state index contributed by atoms with van der Waals surface area (Å²) in [5.74, 6) is 0.638. The van der Waals surface area contributed by atoms with E-state index < -0.39 is 0 Å². The third kappa shape index (κ3) is 4.56. The SMILES string of the molecule is COc1ccc([C@@H](C)NC(=O)c2cc(N3CC4[C@@H]3CN4C)ccc2C)cc1-c1csc(C(=O)NC2CC2)c1. The van der Waals surface area contributed by atoms with Crippen molar-refractivity contribution in [3.05, 3.63) is 69.4 Å². The van der Waals surface area contributed by atoms with Crippen LogP contribution in [-0.2, 0) is 0 Å². The monoisotopic (exact) mass is 530 g/mol. The fourth-order valence-corrected chi connectivity index (χ4v) is 6.27. The summed E-state index contributed by atoms with van der Waals surface area (Å²) in [6.45, 7) is 6.07. The maximum Gasteiger partial charge on any atom is 0.261 e. The van der Waals surface area contributed by atoms with Crippen molar-refractivity contribution in [2.24, 2.45) is 0 Å². The standard InChI is InChI=1S/C30H34N4O3S/c1-17-5-9-22(34-15-25-26(34)14-33(25)3)13-23(17)29(35)31-18(2)19-6-10-27(37-4)24(11-19)20-12-28(38-16-20)30(36)32-21-7-8-21/h5-6,9-13,16,18,21,25-26H,7-8,14-15H2,1-4H3,(H,31,35)(H,32,36)/t18-,25?,26+/m1/s1. The smallest absolute Gasteiger partial charge is 0.261 e. The number of carbonyl (C=O) groups is 2. The molecule has 0 bridgehead atoms. The van der Waals surface area contributed by atoms with Gasteiger partial charge in [0.2, 0.25) is 0 Å². The number of likely N-dealkylation sites (tertiary alicyclic amines) is 1. The summed E-state index contributed by atoms with van der Waals surface area (Å²) in [4.78, 5) is 31.4. The molecule has 8 heteroatoms. The maximum atomic E-state index is 13.4. The molecule has 0 radical (unpaired) electrons. The van der Waals surface area contributed by atoms with Gasteiger partial charge < -0.3 is 20.3 Å². The molecule has 3 aromatic rings. The van der Waals surface area contributed by atoms with Crippen LogP contribution in [-0.4, -0.2) is 62.1 Å². The van der Waals surface area contributed by atoms with Crippen molar-refractivity contribution in [2.45, 2.75) is 50.9 Å². The summed E-state index contributed by atoms with van der Waals surface area (Å²) in [5.41, 5.74) is 5.61. The molecule has 2 N–H and O–H groups in total. The number of hydrogen-bond acceptors (Lipinski definition) is 6. The Hall–Kier alpha value is -3.36. The van der Waals surface area contributed by atoms with Crippen molar-refractivity contribution in [3.63, 3.8) is 0 Å². The Bertz CT molecular complexity index is 1400. The minimum Gasteiger partial charge on any atom is -0.496 e. The number of carbonyl (C=O) groups excluding carboxylic acids is 2. The van der Waals surface area contributed by atoms with Gasteiger partial charge in [0.25, 0.3) is 11.8 Å². The number of aryl methyl sites for hydroxylation is 1. The Labute approximate surface area is 227 Å². The molecule has 3 heterocycles. The Morgan fingerprint density at radius 2 is 1.87 bits per heavy atom. The molecule has 198 valence electrons. The number of benzene rings is 2. The molecule has 3 atom stereocenters. The van der Waals surface area contributed by atoms with Crippen LogP contribution in [0.15, 0.2) is 47.8 Å². The van der Waals surface area contributed by atoms with E-state index in [1.54, 1.807) is 7.11 Å². The van der Waals surface area contributed by atoms with Crippen LogP contribution in [0.5, 0.6) is 5.75 Å². The topological polar surface area (TPSA) is 73.9 Å². The second kappa shape index (κ2) is 9.75. The number of hydrogen-bond donors (Lipinski definition) is 2. The second-order valence-electron chi connectivity index (χ2n) is 10.8. The molecule has 7 nitrogen and oxygen atoms in total. The lowest BCUT2D eigenvalue weighted by atomic mass is 9.85. The molecule has 2 amide bonds. The summed E-state index contributed by atoms with van der Waals surface area (Å²) in [6, 6.07) is 15.4. The van der Waals surface area contributed by atoms with Crippen molar-refractivity contribution in [3.8, 4) is 16.9 Å². The van der Waals surface area contributed by atoms with Gasteiger partial charge in [-0.05, 0) is 86.1 Å². The molecule has 1 aliphatic carbocycles. The summed E-state index contributed by atoms with van der Waals surface area (Å²) >= 11 is 1.44. The van der Waals surface area contributed by atoms with Crippen LogP contribution in [0.3, 0.4) is 0 Å². The average molecular weight is 531 g/mol. The normalized spacial score (nSPS) is 21.1. The third-order valence-corrected chi connectivity index (χ3v) is 9.11. The lowest BCUT2D eigenvalue weighted by Crippen LogP contribution is -2.78. The van der Waals surface area contributed by atoms with Gasteiger partial charge in [-0.1, -0.05) is 12.1 Å². The van der Waals surface area contributed by atoms with Crippen molar-refractivity contribution in [1.82, 2.24) is 15.5 Å². The molecule has 0 spiro atoms. The molecule has 1 unspecified atom stereocenters. The highest BCUT2D eigenvalue weighted by molar-refractivity contribution is 7.12. The number of fused-ring (bicyclic) bond motifs is 1. The Morgan fingerprint density at radius 3 is 2.55 bits per heavy atom. The molecule has 3 aliphatic rings. The molecular weight excluding hydrogens is 496 g/mol. The first-order valence-electron chi connectivity index (χ1n) is 13.3. The third-order valence-electron chi connectivity index (χ3n) is 8.18. The van der Waals surface area contributed by atoms with Crippen molar-refractivity contribution in [2.75, 3.05) is 32.1 Å². The fourth-order valence-electron chi connectivity index (χ4n) is 5.46. The molecule has 1 aromatic heterocycles. The number of piperazine rings is 1. The van der Waals surface area contributed by atoms with Crippen LogP contribution in [0.25, 0.3) is 11.1 Å². The van der Waals surface area contributed by atoms with E-state index >= 15 is 0 Å². The molecule has 6 rings (SSSR count). The van der Waals surface area contributed by atoms with Crippen LogP contribution in [0.2, 0.25) is 0 Å². The van der Waals surface area contributed by atoms with Crippen LogP contribution in [0, 0.1) is 6.92 Å². The zero-order chi connectivity index (χ0) is 26.6. The number of ether oxygens (including phenoxy) is 1. The molecule has 2 aliphatic heterocycles. The largest absolute Gasteiger partial charge is 0.496 e. The number of nitrogens with one attached hydrogen (secondary N) is 2. The Morgan fingerprint density at radius 1 is 1.05 bits per heavy atom. The van der Waals surface area contributed by atoms with E-state index in [2.05, 4.69) is 33.5 Å². The summed E-state index contributed by atoms with van der Waals surface area (Å²) in [6.07, 6.45) is 2.12. The predicted molar refractivity (Wildman–Crippen MR) is 151 cm³/mol. The fraction of sp³-hybridized carbons (Fsp3) is 0.400. The van der Waals surface area contributed by atoms with Gasteiger partial charge in [-0.3, -0.25) is 14.5 Å². The van der Waals surface area contributed by atoms with Crippen molar-refractivity contribution >= 4 is 28.8 Å². The first-order valence-corrected chi connectivity index (χ1v) is 14.2. The van der Waals surface area contributed by atoms with Crippen molar-refractivity contribution in [1.29, 1.82) is 0 Å². The minimum atomic E-state index is -0.208. The highest BCUT2D eigenvalue weighted by Gasteiger charge is 2.49. The highest BCUT2D eigenvalue weighted by Crippen LogP contribution is 2.38. The maximum absolute atomic E-state index is 13.4. The van der Waals surface area contributed by atoms with Gasteiger partial charge in [0.1, 0.15) is 5.75 Å². The van der Waals surface area contributed by atoms with Crippen LogP contribution in [0.1, 0.15) is 57.0 Å². The van der Waals surface area contributed by atoms with E-state index in [0.717, 1.165) is 59.6 Å². The van der Waals surface area contributed by atoms with E-state index in [4.69, 9.17) is 4.74 Å². The van der Waals surface area contributed by atoms with Gasteiger partial charge in [0.05, 0.1) is 24.1 Å². The lowest BCUT2D eigenvalue weighted by molar-refractivity contribution is 0.0368. The summed E-state index contributed by atoms with van der Waals surface area (Å²) in [7, 11) is 3.82. The number of rotatable bonds is 8. The minimum absolute atomic E-state index is 0.0184. The molecule has 2 aromatic carbocycles. The van der Waals surface area contributed by atoms with Gasteiger partial charge >= 0.3 is 0 Å². The van der Waals surface area contributed by atoms with Crippen LogP contribution in [0.4, 0.5) is 5.69 Å². The van der Waals surface area contributed by atoms with Gasteiger partial charge in [-0.2, -0.15) is 0 Å². The highest BCUT2D eigenvalue weighted by atomic mass is 32.1. The van der Waals surface area contributed by atoms with Crippen LogP contribution < -0.4 is 20.3 Å². The van der Waals surface area contributed by atoms with E-state index in [1.807, 2.05) is 55.6 Å². The zero-order valence-corrected chi connectivity index (χ0v) is 23.1. The van der Waals surface area contributed by atoms with Gasteiger partial charge in [0, 0.05) is 42.0 Å². The Balaban J connectivity index is 1.18. The summed E-state index contributed by atoms with van der Waals surface area (Å²) < 4.78 is 5.63.